The molecule has 0 radical (unpaired) electrons. The zero-order valence-corrected chi connectivity index (χ0v) is 19.8. The number of amides is 2. The van der Waals surface area contributed by atoms with Gasteiger partial charge in [0.05, 0.1) is 18.3 Å². The van der Waals surface area contributed by atoms with Gasteiger partial charge in [0.15, 0.2) is 0 Å². The molecule has 1 aliphatic heterocycles. The molecule has 1 N–H and O–H groups in total. The van der Waals surface area contributed by atoms with E-state index in [1.165, 1.54) is 39.9 Å². The van der Waals surface area contributed by atoms with Crippen LogP contribution in [0.5, 0.6) is 0 Å². The zero-order chi connectivity index (χ0) is 22.8. The number of aromatic nitrogens is 1. The second-order valence-electron chi connectivity index (χ2n) is 8.67. The molecule has 0 saturated heterocycles. The van der Waals surface area contributed by atoms with Crippen molar-refractivity contribution < 1.29 is 13.9 Å². The number of fused-ring (bicyclic) bond motifs is 5. The molecule has 174 valence electrons. The Morgan fingerprint density at radius 3 is 2.94 bits per heavy atom. The van der Waals surface area contributed by atoms with Crippen LogP contribution in [0.1, 0.15) is 59.5 Å². The third-order valence-corrected chi connectivity index (χ3v) is 7.88. The van der Waals surface area contributed by atoms with Gasteiger partial charge in [0.2, 0.25) is 0 Å². The van der Waals surface area contributed by atoms with E-state index in [9.17, 15) is 9.18 Å². The van der Waals surface area contributed by atoms with Gasteiger partial charge >= 0.3 is 6.03 Å². The fraction of sp³-hybridized carbons (Fsp3) is 0.423. The molecule has 0 fully saturated rings. The standard InChI is InChI=1S/C26H30FN3O2S/c1-2-32-15-7-13-28-26(31)30-17-21-20-10-3-4-12-23(20)33-25(21)29-14-6-11-22(29)24(30)18-8-5-9-19(27)16-18/h5-6,8-9,11,14,16,24H,2-4,7,10,12-13,15,17H2,1H3,(H,28,31)/t24-/m1/s1. The number of aryl methyl sites for hydroxylation is 1. The maximum absolute atomic E-state index is 14.3. The molecule has 7 heteroatoms. The smallest absolute Gasteiger partial charge is 0.318 e. The Hall–Kier alpha value is -2.64. The molecule has 2 amide bonds. The SMILES string of the molecule is CCOCCCNC(=O)N1Cc2c(sc3c2CCCC3)-n2cccc2[C@H]1c1cccc(F)c1. The van der Waals surface area contributed by atoms with E-state index in [1.54, 1.807) is 12.1 Å². The fourth-order valence-corrected chi connectivity index (χ4v) is 6.43. The summed E-state index contributed by atoms with van der Waals surface area (Å²) < 4.78 is 21.9. The molecule has 1 atom stereocenters. The third-order valence-electron chi connectivity index (χ3n) is 6.55. The number of rotatable bonds is 6. The van der Waals surface area contributed by atoms with Crippen molar-refractivity contribution in [2.45, 2.75) is 51.6 Å². The molecule has 0 spiro atoms. The number of ether oxygens (including phenoxy) is 1. The summed E-state index contributed by atoms with van der Waals surface area (Å²) in [5, 5.41) is 4.29. The van der Waals surface area contributed by atoms with Crippen LogP contribution >= 0.6 is 11.3 Å². The highest BCUT2D eigenvalue weighted by atomic mass is 32.1. The van der Waals surface area contributed by atoms with Crippen LogP contribution in [-0.4, -0.2) is 35.3 Å². The number of thiophene rings is 1. The monoisotopic (exact) mass is 467 g/mol. The summed E-state index contributed by atoms with van der Waals surface area (Å²) in [4.78, 5) is 16.9. The van der Waals surface area contributed by atoms with Crippen LogP contribution in [0.15, 0.2) is 42.6 Å². The van der Waals surface area contributed by atoms with E-state index in [-0.39, 0.29) is 17.9 Å². The summed E-state index contributed by atoms with van der Waals surface area (Å²) in [6.45, 7) is 4.32. The average Bonchev–Trinajstić information content (AvgIpc) is 3.40. The summed E-state index contributed by atoms with van der Waals surface area (Å²) in [5.41, 5.74) is 4.43. The lowest BCUT2D eigenvalue weighted by Gasteiger charge is -2.31. The molecule has 0 bridgehead atoms. The van der Waals surface area contributed by atoms with Crippen molar-refractivity contribution in [3.05, 3.63) is 75.7 Å². The number of nitrogens with zero attached hydrogens (tertiary/aromatic N) is 2. The number of benzene rings is 1. The number of hydrogen-bond donors (Lipinski definition) is 1. The Kier molecular flexibility index (Phi) is 6.51. The van der Waals surface area contributed by atoms with E-state index in [2.05, 4.69) is 22.1 Å². The quantitative estimate of drug-likeness (QED) is 0.480. The Labute approximate surface area is 198 Å². The largest absolute Gasteiger partial charge is 0.382 e. The van der Waals surface area contributed by atoms with E-state index in [1.807, 2.05) is 35.3 Å². The van der Waals surface area contributed by atoms with Gasteiger partial charge in [0.25, 0.3) is 0 Å². The summed E-state index contributed by atoms with van der Waals surface area (Å²) in [5.74, 6) is -0.293. The first-order chi connectivity index (χ1) is 16.2. The Balaban J connectivity index is 1.55. The summed E-state index contributed by atoms with van der Waals surface area (Å²) in [6, 6.07) is 10.2. The van der Waals surface area contributed by atoms with Crippen LogP contribution < -0.4 is 5.32 Å². The highest BCUT2D eigenvalue weighted by molar-refractivity contribution is 7.15. The van der Waals surface area contributed by atoms with Crippen molar-refractivity contribution in [2.24, 2.45) is 0 Å². The van der Waals surface area contributed by atoms with E-state index in [4.69, 9.17) is 4.74 Å². The first-order valence-corrected chi connectivity index (χ1v) is 12.7. The van der Waals surface area contributed by atoms with E-state index >= 15 is 0 Å². The predicted octanol–water partition coefficient (Wildman–Crippen LogP) is 5.60. The van der Waals surface area contributed by atoms with Crippen molar-refractivity contribution in [2.75, 3.05) is 19.8 Å². The fourth-order valence-electron chi connectivity index (χ4n) is 5.03. The molecule has 0 unspecified atom stereocenters. The number of nitrogens with one attached hydrogen (secondary N) is 1. The van der Waals surface area contributed by atoms with Crippen molar-refractivity contribution in [1.82, 2.24) is 14.8 Å². The summed E-state index contributed by atoms with van der Waals surface area (Å²) in [6.07, 6.45) is 7.42. The molecule has 2 aromatic heterocycles. The van der Waals surface area contributed by atoms with Crippen LogP contribution in [0.3, 0.4) is 0 Å². The van der Waals surface area contributed by atoms with E-state index < -0.39 is 0 Å². The molecule has 3 heterocycles. The van der Waals surface area contributed by atoms with Gasteiger partial charge in [-0.25, -0.2) is 9.18 Å². The molecule has 5 nitrogen and oxygen atoms in total. The predicted molar refractivity (Wildman–Crippen MR) is 129 cm³/mol. The minimum Gasteiger partial charge on any atom is -0.382 e. The lowest BCUT2D eigenvalue weighted by molar-refractivity contribution is 0.143. The zero-order valence-electron chi connectivity index (χ0n) is 19.0. The Morgan fingerprint density at radius 2 is 2.09 bits per heavy atom. The minimum absolute atomic E-state index is 0.128. The number of carbonyl (C=O) groups is 1. The molecule has 1 aliphatic carbocycles. The number of urea groups is 1. The average molecular weight is 468 g/mol. The maximum atomic E-state index is 14.3. The van der Waals surface area contributed by atoms with Gasteiger partial charge in [-0.1, -0.05) is 12.1 Å². The lowest BCUT2D eigenvalue weighted by atomic mass is 9.95. The minimum atomic E-state index is -0.374. The number of hydrogen-bond acceptors (Lipinski definition) is 3. The van der Waals surface area contributed by atoms with Gasteiger partial charge in [0.1, 0.15) is 10.8 Å². The van der Waals surface area contributed by atoms with Crippen LogP contribution in [0.25, 0.3) is 5.00 Å². The molecule has 0 saturated carbocycles. The van der Waals surface area contributed by atoms with Gasteiger partial charge in [0, 0.05) is 36.4 Å². The normalized spacial score (nSPS) is 17.2. The van der Waals surface area contributed by atoms with E-state index in [0.29, 0.717) is 26.3 Å². The van der Waals surface area contributed by atoms with Crippen molar-refractivity contribution >= 4 is 17.4 Å². The van der Waals surface area contributed by atoms with Gasteiger partial charge < -0.3 is 19.5 Å². The highest BCUT2D eigenvalue weighted by Crippen LogP contribution is 2.44. The maximum Gasteiger partial charge on any atom is 0.318 e. The molecule has 1 aromatic carbocycles. The molecule has 3 aromatic rings. The number of carbonyl (C=O) groups excluding carboxylic acids is 1. The van der Waals surface area contributed by atoms with Gasteiger partial charge in [-0.3, -0.25) is 0 Å². The molecular formula is C26H30FN3O2S. The van der Waals surface area contributed by atoms with Crippen molar-refractivity contribution in [3.8, 4) is 5.00 Å². The molecule has 5 rings (SSSR count). The number of halogens is 1. The molecule has 33 heavy (non-hydrogen) atoms. The lowest BCUT2D eigenvalue weighted by Crippen LogP contribution is -2.42. The van der Waals surface area contributed by atoms with Gasteiger partial charge in [-0.15, -0.1) is 11.3 Å². The van der Waals surface area contributed by atoms with Crippen molar-refractivity contribution in [1.29, 1.82) is 0 Å². The second-order valence-corrected chi connectivity index (χ2v) is 9.75. The van der Waals surface area contributed by atoms with Gasteiger partial charge in [-0.05, 0) is 74.4 Å². The Morgan fingerprint density at radius 1 is 1.21 bits per heavy atom. The first-order valence-electron chi connectivity index (χ1n) is 11.9. The molecular weight excluding hydrogens is 437 g/mol. The topological polar surface area (TPSA) is 46.5 Å². The van der Waals surface area contributed by atoms with Crippen molar-refractivity contribution in [3.63, 3.8) is 0 Å². The van der Waals surface area contributed by atoms with Crippen LogP contribution in [-0.2, 0) is 24.1 Å². The van der Waals surface area contributed by atoms with E-state index in [0.717, 1.165) is 30.5 Å². The Bertz CT molecular complexity index is 1140. The second kappa shape index (κ2) is 9.69. The summed E-state index contributed by atoms with van der Waals surface area (Å²) >= 11 is 1.85. The van der Waals surface area contributed by atoms with Crippen LogP contribution in [0.2, 0.25) is 0 Å². The first kappa shape index (κ1) is 22.2. The molecule has 2 aliphatic rings. The van der Waals surface area contributed by atoms with Crippen LogP contribution in [0, 0.1) is 5.82 Å². The summed E-state index contributed by atoms with van der Waals surface area (Å²) in [7, 11) is 0. The van der Waals surface area contributed by atoms with Crippen LogP contribution in [0.4, 0.5) is 9.18 Å². The van der Waals surface area contributed by atoms with Gasteiger partial charge in [-0.2, -0.15) is 0 Å². The third kappa shape index (κ3) is 4.32. The highest BCUT2D eigenvalue weighted by Gasteiger charge is 2.36.